The molecule has 0 spiro atoms. The number of hydrogen-bond donors (Lipinski definition) is 2. The lowest BCUT2D eigenvalue weighted by Gasteiger charge is -2.13. The molecule has 1 aromatic carbocycles. The van der Waals surface area contributed by atoms with Gasteiger partial charge in [0, 0.05) is 17.2 Å². The Balaban J connectivity index is 1.79. The number of carbonyl (C=O) groups is 1. The number of benzene rings is 1. The van der Waals surface area contributed by atoms with E-state index >= 15 is 0 Å². The Bertz CT molecular complexity index is 958. The molecule has 0 saturated carbocycles. The molecule has 2 aromatic heterocycles. The first-order valence-corrected chi connectivity index (χ1v) is 8.61. The lowest BCUT2D eigenvalue weighted by molar-refractivity contribution is 0.102. The number of amides is 1. The van der Waals surface area contributed by atoms with Crippen molar-refractivity contribution in [1.82, 2.24) is 9.97 Å². The highest BCUT2D eigenvalue weighted by molar-refractivity contribution is 6.31. The van der Waals surface area contributed by atoms with Crippen molar-refractivity contribution in [3.05, 3.63) is 64.5 Å². The summed E-state index contributed by atoms with van der Waals surface area (Å²) in [5.74, 6) is 1.87. The summed E-state index contributed by atoms with van der Waals surface area (Å²) in [4.78, 5) is 21.2. The second-order valence-electron chi connectivity index (χ2n) is 5.87. The summed E-state index contributed by atoms with van der Waals surface area (Å²) in [5.41, 5.74) is 1.58. The maximum Gasteiger partial charge on any atom is 0.274 e. The minimum Gasteiger partial charge on any atom is -0.495 e. The van der Waals surface area contributed by atoms with E-state index in [0.717, 1.165) is 11.3 Å². The van der Waals surface area contributed by atoms with Crippen molar-refractivity contribution in [3.8, 4) is 5.75 Å². The van der Waals surface area contributed by atoms with Crippen LogP contribution in [0.15, 0.2) is 41.0 Å². The van der Waals surface area contributed by atoms with Crippen LogP contribution in [0.25, 0.3) is 0 Å². The molecule has 3 rings (SSSR count). The zero-order valence-electron chi connectivity index (χ0n) is 15.2. The molecular weight excluding hydrogens is 368 g/mol. The van der Waals surface area contributed by atoms with Gasteiger partial charge in [0.1, 0.15) is 28.8 Å². The third kappa shape index (κ3) is 4.57. The summed E-state index contributed by atoms with van der Waals surface area (Å²) in [6, 6.07) is 8.66. The highest BCUT2D eigenvalue weighted by Gasteiger charge is 2.15. The minimum absolute atomic E-state index is 0.235. The summed E-state index contributed by atoms with van der Waals surface area (Å²) in [6.07, 6.45) is 1.60. The van der Waals surface area contributed by atoms with Crippen LogP contribution >= 0.6 is 11.6 Å². The van der Waals surface area contributed by atoms with Crippen molar-refractivity contribution in [1.29, 1.82) is 0 Å². The maximum atomic E-state index is 12.7. The molecule has 27 heavy (non-hydrogen) atoms. The van der Waals surface area contributed by atoms with Crippen molar-refractivity contribution in [2.24, 2.45) is 0 Å². The normalized spacial score (nSPS) is 10.5. The summed E-state index contributed by atoms with van der Waals surface area (Å²) < 4.78 is 10.6. The summed E-state index contributed by atoms with van der Waals surface area (Å²) in [6.45, 7) is 4.03. The number of hydrogen-bond acceptors (Lipinski definition) is 6. The SMILES string of the molecule is COc1cc(Cl)c(C)cc1NC(=O)c1cc(NCc2ccco2)nc(C)n1. The molecule has 0 aliphatic rings. The summed E-state index contributed by atoms with van der Waals surface area (Å²) in [7, 11) is 1.52. The fraction of sp³-hybridized carbons (Fsp3) is 0.211. The number of anilines is 2. The van der Waals surface area contributed by atoms with Gasteiger partial charge in [-0.25, -0.2) is 9.97 Å². The predicted molar refractivity (Wildman–Crippen MR) is 103 cm³/mol. The average Bonchev–Trinajstić information content (AvgIpc) is 3.16. The molecule has 0 bridgehead atoms. The first-order chi connectivity index (χ1) is 13.0. The highest BCUT2D eigenvalue weighted by Crippen LogP contribution is 2.31. The number of halogens is 1. The monoisotopic (exact) mass is 386 g/mol. The summed E-state index contributed by atoms with van der Waals surface area (Å²) in [5, 5.41) is 6.49. The molecule has 7 nitrogen and oxygen atoms in total. The van der Waals surface area contributed by atoms with Crippen LogP contribution in [0.4, 0.5) is 11.5 Å². The van der Waals surface area contributed by atoms with E-state index in [0.29, 0.717) is 34.6 Å². The number of rotatable bonds is 6. The summed E-state index contributed by atoms with van der Waals surface area (Å²) >= 11 is 6.11. The first-order valence-electron chi connectivity index (χ1n) is 8.23. The third-order valence-electron chi connectivity index (χ3n) is 3.82. The number of ether oxygens (including phenoxy) is 1. The van der Waals surface area contributed by atoms with Gasteiger partial charge in [-0.1, -0.05) is 11.6 Å². The van der Waals surface area contributed by atoms with Crippen molar-refractivity contribution in [2.45, 2.75) is 20.4 Å². The molecule has 2 heterocycles. The second kappa shape index (κ2) is 8.09. The lowest BCUT2D eigenvalue weighted by Crippen LogP contribution is -2.16. The van der Waals surface area contributed by atoms with Gasteiger partial charge in [-0.2, -0.15) is 0 Å². The van der Waals surface area contributed by atoms with E-state index in [-0.39, 0.29) is 11.6 Å². The predicted octanol–water partition coefficient (Wildman–Crippen LogP) is 4.21. The number of furan rings is 1. The molecule has 0 unspecified atom stereocenters. The van der Waals surface area contributed by atoms with Gasteiger partial charge in [0.25, 0.3) is 5.91 Å². The molecule has 1 amide bonds. The van der Waals surface area contributed by atoms with E-state index in [9.17, 15) is 4.79 Å². The topological polar surface area (TPSA) is 89.3 Å². The molecule has 3 aromatic rings. The van der Waals surface area contributed by atoms with Crippen LogP contribution in [0.1, 0.15) is 27.6 Å². The Morgan fingerprint density at radius 1 is 1.26 bits per heavy atom. The van der Waals surface area contributed by atoms with Crippen LogP contribution in [0.2, 0.25) is 5.02 Å². The smallest absolute Gasteiger partial charge is 0.274 e. The Labute approximate surface area is 161 Å². The minimum atomic E-state index is -0.374. The van der Waals surface area contributed by atoms with Crippen molar-refractivity contribution in [2.75, 3.05) is 17.7 Å². The maximum absolute atomic E-state index is 12.7. The van der Waals surface area contributed by atoms with Crippen molar-refractivity contribution < 1.29 is 13.9 Å². The van der Waals surface area contributed by atoms with E-state index < -0.39 is 0 Å². The van der Waals surface area contributed by atoms with Gasteiger partial charge in [0.15, 0.2) is 0 Å². The van der Waals surface area contributed by atoms with Crippen LogP contribution < -0.4 is 15.4 Å². The first kappa shape index (κ1) is 18.7. The largest absolute Gasteiger partial charge is 0.495 e. The van der Waals surface area contributed by atoms with E-state index in [4.69, 9.17) is 20.8 Å². The third-order valence-corrected chi connectivity index (χ3v) is 4.23. The number of carbonyl (C=O) groups excluding carboxylic acids is 1. The van der Waals surface area contributed by atoms with E-state index in [1.54, 1.807) is 31.4 Å². The molecular formula is C19H19ClN4O3. The van der Waals surface area contributed by atoms with Crippen LogP contribution in [-0.4, -0.2) is 23.0 Å². The zero-order valence-corrected chi connectivity index (χ0v) is 15.9. The van der Waals surface area contributed by atoms with Gasteiger partial charge < -0.3 is 19.8 Å². The van der Waals surface area contributed by atoms with Crippen LogP contribution in [0.5, 0.6) is 5.75 Å². The average molecular weight is 387 g/mol. The fourth-order valence-electron chi connectivity index (χ4n) is 2.48. The van der Waals surface area contributed by atoms with Gasteiger partial charge in [-0.05, 0) is 37.6 Å². The second-order valence-corrected chi connectivity index (χ2v) is 6.28. The zero-order chi connectivity index (χ0) is 19.4. The molecule has 2 N–H and O–H groups in total. The Morgan fingerprint density at radius 2 is 2.07 bits per heavy atom. The molecule has 0 saturated heterocycles. The molecule has 0 radical (unpaired) electrons. The van der Waals surface area contributed by atoms with Crippen LogP contribution in [0.3, 0.4) is 0 Å². The Hall–Kier alpha value is -3.06. The number of methoxy groups -OCH3 is 1. The molecule has 140 valence electrons. The van der Waals surface area contributed by atoms with Gasteiger partial charge in [-0.3, -0.25) is 4.79 Å². The fourth-order valence-corrected chi connectivity index (χ4v) is 2.64. The number of nitrogens with one attached hydrogen (secondary N) is 2. The van der Waals surface area contributed by atoms with E-state index in [2.05, 4.69) is 20.6 Å². The lowest BCUT2D eigenvalue weighted by atomic mass is 10.2. The highest BCUT2D eigenvalue weighted by atomic mass is 35.5. The van der Waals surface area contributed by atoms with Gasteiger partial charge in [0.05, 0.1) is 25.6 Å². The molecule has 0 fully saturated rings. The van der Waals surface area contributed by atoms with E-state index in [1.807, 2.05) is 19.1 Å². The standard InChI is InChI=1S/C19H19ClN4O3/c1-11-7-15(17(26-3)8-14(11)20)24-19(25)16-9-18(23-12(2)22-16)21-10-13-5-4-6-27-13/h4-9H,10H2,1-3H3,(H,24,25)(H,21,22,23). The Kier molecular flexibility index (Phi) is 5.61. The van der Waals surface area contributed by atoms with Gasteiger partial charge >= 0.3 is 0 Å². The van der Waals surface area contributed by atoms with Gasteiger partial charge in [-0.15, -0.1) is 0 Å². The van der Waals surface area contributed by atoms with Crippen LogP contribution in [0, 0.1) is 13.8 Å². The molecule has 8 heteroatoms. The molecule has 0 aliphatic heterocycles. The number of aryl methyl sites for hydroxylation is 2. The molecule has 0 aliphatic carbocycles. The number of nitrogens with zero attached hydrogens (tertiary/aromatic N) is 2. The van der Waals surface area contributed by atoms with Gasteiger partial charge in [0.2, 0.25) is 0 Å². The van der Waals surface area contributed by atoms with Crippen molar-refractivity contribution in [3.63, 3.8) is 0 Å². The molecule has 0 atom stereocenters. The van der Waals surface area contributed by atoms with Crippen molar-refractivity contribution >= 4 is 29.0 Å². The number of aromatic nitrogens is 2. The quantitative estimate of drug-likeness (QED) is 0.659. The van der Waals surface area contributed by atoms with Crippen LogP contribution in [-0.2, 0) is 6.54 Å². The van der Waals surface area contributed by atoms with E-state index in [1.165, 1.54) is 7.11 Å². The Morgan fingerprint density at radius 3 is 2.78 bits per heavy atom.